The summed E-state index contributed by atoms with van der Waals surface area (Å²) < 4.78 is 42.7. The van der Waals surface area contributed by atoms with E-state index in [1.165, 1.54) is 6.07 Å². The molecular formula is C24H23ClF3N5O. The minimum atomic E-state index is -4.50. The van der Waals surface area contributed by atoms with Crippen LogP contribution in [0.15, 0.2) is 60.7 Å². The number of nitrogens with zero attached hydrogens (tertiary/aromatic N) is 4. The highest BCUT2D eigenvalue weighted by Crippen LogP contribution is 2.43. The number of halogens is 4. The number of anilines is 2. The maximum atomic E-state index is 13.9. The van der Waals surface area contributed by atoms with Gasteiger partial charge in [-0.2, -0.15) is 18.3 Å². The average molecular weight is 490 g/mol. The number of carbonyl (C=O) groups is 1. The van der Waals surface area contributed by atoms with Gasteiger partial charge < -0.3 is 15.1 Å². The molecule has 2 aliphatic rings. The summed E-state index contributed by atoms with van der Waals surface area (Å²) in [7, 11) is 0. The van der Waals surface area contributed by atoms with Crippen molar-refractivity contribution in [1.82, 2.24) is 14.7 Å². The van der Waals surface area contributed by atoms with Crippen LogP contribution in [0, 0.1) is 0 Å². The molecule has 2 atom stereocenters. The first-order chi connectivity index (χ1) is 16.3. The Labute approximate surface area is 199 Å². The molecule has 1 saturated heterocycles. The lowest BCUT2D eigenvalue weighted by atomic mass is 9.97. The van der Waals surface area contributed by atoms with Gasteiger partial charge >= 0.3 is 6.18 Å². The van der Waals surface area contributed by atoms with Gasteiger partial charge in [0, 0.05) is 49.4 Å². The van der Waals surface area contributed by atoms with Gasteiger partial charge in [-0.1, -0.05) is 41.9 Å². The van der Waals surface area contributed by atoms with Crippen molar-refractivity contribution in [3.63, 3.8) is 0 Å². The maximum absolute atomic E-state index is 13.9. The number of piperazine rings is 1. The third kappa shape index (κ3) is 4.44. The summed E-state index contributed by atoms with van der Waals surface area (Å²) in [5, 5.41) is 7.73. The first-order valence-electron chi connectivity index (χ1n) is 11.1. The number of aromatic nitrogens is 2. The summed E-state index contributed by atoms with van der Waals surface area (Å²) in [5.41, 5.74) is 1.79. The molecule has 0 radical (unpaired) electrons. The Bertz CT molecular complexity index is 1160. The number of fused-ring (bicyclic) bond motifs is 1. The smallest absolute Gasteiger partial charge is 0.368 e. The van der Waals surface area contributed by atoms with E-state index in [1.54, 1.807) is 29.2 Å². The normalized spacial score (nSPS) is 20.6. The molecule has 0 spiro atoms. The van der Waals surface area contributed by atoms with Crippen LogP contribution in [0.3, 0.4) is 0 Å². The zero-order valence-corrected chi connectivity index (χ0v) is 18.9. The molecule has 1 fully saturated rings. The first-order valence-corrected chi connectivity index (χ1v) is 11.4. The molecule has 1 amide bonds. The molecule has 10 heteroatoms. The van der Waals surface area contributed by atoms with Crippen molar-refractivity contribution in [2.45, 2.75) is 24.7 Å². The van der Waals surface area contributed by atoms with Crippen LogP contribution in [0.25, 0.3) is 0 Å². The lowest BCUT2D eigenvalue weighted by Gasteiger charge is -2.35. The summed E-state index contributed by atoms with van der Waals surface area (Å²) in [6.45, 7) is 2.23. The Morgan fingerprint density at radius 1 is 1.00 bits per heavy atom. The number of hydrogen-bond donors (Lipinski definition) is 1. The largest absolute Gasteiger partial charge is 0.410 e. The van der Waals surface area contributed by atoms with Crippen molar-refractivity contribution in [2.24, 2.45) is 0 Å². The van der Waals surface area contributed by atoms with Crippen molar-refractivity contribution in [1.29, 1.82) is 0 Å². The predicted molar refractivity (Wildman–Crippen MR) is 124 cm³/mol. The van der Waals surface area contributed by atoms with Gasteiger partial charge in [-0.15, -0.1) is 0 Å². The Morgan fingerprint density at radius 2 is 1.68 bits per heavy atom. The molecule has 0 saturated carbocycles. The SMILES string of the molecule is O=C(c1cc2n(n1)[C@H](C(F)(F)F)C[C@@H](c1ccc(Cl)cc1)N2)N1CCN(c2ccccc2)CC1. The molecule has 2 aliphatic heterocycles. The molecule has 2 aromatic carbocycles. The van der Waals surface area contributed by atoms with E-state index in [1.807, 2.05) is 30.3 Å². The summed E-state index contributed by atoms with van der Waals surface area (Å²) in [6.07, 6.45) is -4.74. The van der Waals surface area contributed by atoms with Crippen molar-refractivity contribution in [3.05, 3.63) is 76.9 Å². The number of nitrogens with one attached hydrogen (secondary N) is 1. The molecule has 0 aliphatic carbocycles. The van der Waals surface area contributed by atoms with Crippen LogP contribution in [0.1, 0.15) is 34.6 Å². The van der Waals surface area contributed by atoms with Crippen LogP contribution >= 0.6 is 11.6 Å². The Kier molecular flexibility index (Phi) is 5.89. The lowest BCUT2D eigenvalue weighted by Crippen LogP contribution is -2.49. The van der Waals surface area contributed by atoms with Crippen molar-refractivity contribution in [2.75, 3.05) is 36.4 Å². The monoisotopic (exact) mass is 489 g/mol. The van der Waals surface area contributed by atoms with E-state index in [2.05, 4.69) is 15.3 Å². The van der Waals surface area contributed by atoms with Gasteiger partial charge in [0.25, 0.3) is 5.91 Å². The number of para-hydroxylation sites is 1. The highest BCUT2D eigenvalue weighted by molar-refractivity contribution is 6.30. The van der Waals surface area contributed by atoms with Crippen LogP contribution < -0.4 is 10.2 Å². The van der Waals surface area contributed by atoms with Gasteiger partial charge in [0.2, 0.25) is 0 Å². The zero-order chi connectivity index (χ0) is 23.9. The summed E-state index contributed by atoms with van der Waals surface area (Å²) >= 11 is 5.93. The summed E-state index contributed by atoms with van der Waals surface area (Å²) in [6, 6.07) is 15.6. The molecule has 0 unspecified atom stereocenters. The predicted octanol–water partition coefficient (Wildman–Crippen LogP) is 5.16. The number of hydrogen-bond acceptors (Lipinski definition) is 4. The number of alkyl halides is 3. The van der Waals surface area contributed by atoms with E-state index in [-0.39, 0.29) is 23.8 Å². The molecular weight excluding hydrogens is 467 g/mol. The van der Waals surface area contributed by atoms with Gasteiger partial charge in [0.15, 0.2) is 11.7 Å². The third-order valence-electron chi connectivity index (χ3n) is 6.37. The molecule has 5 rings (SSSR count). The van der Waals surface area contributed by atoms with Gasteiger partial charge in [-0.05, 0) is 29.8 Å². The molecule has 178 valence electrons. The fourth-order valence-corrected chi connectivity index (χ4v) is 4.69. The molecule has 6 nitrogen and oxygen atoms in total. The fraction of sp³-hybridized carbons (Fsp3) is 0.333. The number of amides is 1. The number of benzene rings is 2. The maximum Gasteiger partial charge on any atom is 0.410 e. The van der Waals surface area contributed by atoms with Crippen molar-refractivity contribution >= 4 is 29.0 Å². The highest BCUT2D eigenvalue weighted by atomic mass is 35.5. The molecule has 1 N–H and O–H groups in total. The minimum absolute atomic E-state index is 0.0154. The standard InChI is InChI=1S/C24H23ClF3N5O/c25-17-8-6-16(7-9-17)19-14-21(24(26,27)28)33-22(29-19)15-20(30-33)23(34)32-12-10-31(11-13-32)18-4-2-1-3-5-18/h1-9,15,19,21,29H,10-14H2/t19-,21-/m0/s1. The van der Waals surface area contributed by atoms with Crippen LogP contribution in [0.5, 0.6) is 0 Å². The van der Waals surface area contributed by atoms with Crippen LogP contribution in [0.4, 0.5) is 24.7 Å². The van der Waals surface area contributed by atoms with E-state index in [0.717, 1.165) is 10.4 Å². The van der Waals surface area contributed by atoms with E-state index in [0.29, 0.717) is 36.8 Å². The Morgan fingerprint density at radius 3 is 2.32 bits per heavy atom. The Balaban J connectivity index is 1.35. The average Bonchev–Trinajstić information content (AvgIpc) is 3.27. The van der Waals surface area contributed by atoms with Gasteiger partial charge in [-0.3, -0.25) is 4.79 Å². The topological polar surface area (TPSA) is 53.4 Å². The van der Waals surface area contributed by atoms with Crippen LogP contribution in [-0.2, 0) is 0 Å². The van der Waals surface area contributed by atoms with Crippen LogP contribution in [0.2, 0.25) is 5.02 Å². The summed E-state index contributed by atoms with van der Waals surface area (Å²) in [5.74, 6) is -0.180. The molecule has 1 aromatic heterocycles. The van der Waals surface area contributed by atoms with Crippen molar-refractivity contribution < 1.29 is 18.0 Å². The lowest BCUT2D eigenvalue weighted by molar-refractivity contribution is -0.173. The molecule has 3 heterocycles. The van der Waals surface area contributed by atoms with Crippen LogP contribution in [-0.4, -0.2) is 52.9 Å². The zero-order valence-electron chi connectivity index (χ0n) is 18.2. The minimum Gasteiger partial charge on any atom is -0.368 e. The molecule has 3 aromatic rings. The first kappa shape index (κ1) is 22.6. The van der Waals surface area contributed by atoms with Crippen molar-refractivity contribution in [3.8, 4) is 0 Å². The second-order valence-electron chi connectivity index (χ2n) is 8.52. The third-order valence-corrected chi connectivity index (χ3v) is 6.62. The van der Waals surface area contributed by atoms with Gasteiger partial charge in [0.05, 0.1) is 6.04 Å². The quantitative estimate of drug-likeness (QED) is 0.552. The van der Waals surface area contributed by atoms with E-state index >= 15 is 0 Å². The van der Waals surface area contributed by atoms with Gasteiger partial charge in [0.1, 0.15) is 5.82 Å². The Hall–Kier alpha value is -3.20. The second-order valence-corrected chi connectivity index (χ2v) is 8.95. The van der Waals surface area contributed by atoms with E-state index < -0.39 is 18.3 Å². The fourth-order valence-electron chi connectivity index (χ4n) is 4.56. The molecule has 0 bridgehead atoms. The van der Waals surface area contributed by atoms with E-state index in [4.69, 9.17) is 11.6 Å². The summed E-state index contributed by atoms with van der Waals surface area (Å²) in [4.78, 5) is 16.9. The van der Waals surface area contributed by atoms with Gasteiger partial charge in [-0.25, -0.2) is 4.68 Å². The second kappa shape index (κ2) is 8.87. The number of rotatable bonds is 3. The van der Waals surface area contributed by atoms with E-state index in [9.17, 15) is 18.0 Å². The number of carbonyl (C=O) groups excluding carboxylic acids is 1. The molecule has 34 heavy (non-hydrogen) atoms. The highest BCUT2D eigenvalue weighted by Gasteiger charge is 2.47.